The molecule has 0 radical (unpaired) electrons. The molecular weight excluding hydrogens is 442 g/mol. The Morgan fingerprint density at radius 3 is 2.58 bits per heavy atom. The van der Waals surface area contributed by atoms with Crippen LogP contribution in [0.25, 0.3) is 0 Å². The van der Waals surface area contributed by atoms with Gasteiger partial charge in [-0.05, 0) is 42.2 Å². The molecule has 0 unspecified atom stereocenters. The van der Waals surface area contributed by atoms with Crippen molar-refractivity contribution in [3.05, 3.63) is 70.8 Å². The second kappa shape index (κ2) is 10.2. The molecule has 1 saturated heterocycles. The number of carbonyl (C=O) groups excluding carboxylic acids is 1. The zero-order chi connectivity index (χ0) is 21.8. The number of thiocarbonyl (C=S) groups is 1. The monoisotopic (exact) mass is 469 g/mol. The Balaban J connectivity index is 1.52. The second-order valence-electron chi connectivity index (χ2n) is 7.87. The van der Waals surface area contributed by atoms with Crippen molar-refractivity contribution in [3.8, 4) is 0 Å². The average molecular weight is 470 g/mol. The lowest BCUT2D eigenvalue weighted by molar-refractivity contribution is -0.130. The molecule has 1 amide bonds. The number of hydrogen-bond acceptors (Lipinski definition) is 5. The van der Waals surface area contributed by atoms with Crippen molar-refractivity contribution in [2.24, 2.45) is 5.10 Å². The van der Waals surface area contributed by atoms with Crippen molar-refractivity contribution in [1.82, 2.24) is 9.91 Å². The number of rotatable bonds is 4. The van der Waals surface area contributed by atoms with Gasteiger partial charge in [0.15, 0.2) is 0 Å². The summed E-state index contributed by atoms with van der Waals surface area (Å²) in [6.45, 7) is 6.16. The van der Waals surface area contributed by atoms with Gasteiger partial charge in [-0.25, -0.2) is 5.01 Å². The number of amides is 1. The summed E-state index contributed by atoms with van der Waals surface area (Å²) >= 11 is 9.01. The van der Waals surface area contributed by atoms with Crippen molar-refractivity contribution in [2.75, 3.05) is 30.3 Å². The highest BCUT2D eigenvalue weighted by atomic mass is 32.2. The van der Waals surface area contributed by atoms with Crippen LogP contribution >= 0.6 is 35.7 Å². The molecule has 0 aromatic heterocycles. The van der Waals surface area contributed by atoms with E-state index in [9.17, 15) is 4.79 Å². The van der Waals surface area contributed by atoms with E-state index >= 15 is 0 Å². The molecule has 7 heteroatoms. The van der Waals surface area contributed by atoms with E-state index in [4.69, 9.17) is 17.3 Å². The lowest BCUT2D eigenvalue weighted by Crippen LogP contribution is -2.36. The van der Waals surface area contributed by atoms with Gasteiger partial charge in [0.2, 0.25) is 0 Å². The van der Waals surface area contributed by atoms with Crippen LogP contribution in [0.2, 0.25) is 0 Å². The van der Waals surface area contributed by atoms with Crippen LogP contribution in [0.3, 0.4) is 0 Å². The second-order valence-corrected chi connectivity index (χ2v) is 10.7. The van der Waals surface area contributed by atoms with Crippen molar-refractivity contribution in [3.63, 3.8) is 0 Å². The minimum atomic E-state index is -0.0779. The molecule has 0 spiro atoms. The molecule has 162 valence electrons. The van der Waals surface area contributed by atoms with Crippen LogP contribution < -0.4 is 0 Å². The highest BCUT2D eigenvalue weighted by Crippen LogP contribution is 2.33. The first kappa shape index (κ1) is 22.4. The van der Waals surface area contributed by atoms with Gasteiger partial charge in [-0.15, -0.1) is 0 Å². The lowest BCUT2D eigenvalue weighted by Gasteiger charge is -2.28. The Bertz CT molecular complexity index is 987. The number of nitrogens with zero attached hydrogens (tertiary/aromatic N) is 3. The molecule has 0 bridgehead atoms. The smallest absolute Gasteiger partial charge is 0.253 e. The molecular formula is C24H27N3OS3. The van der Waals surface area contributed by atoms with Gasteiger partial charge in [-0.3, -0.25) is 4.79 Å². The Hall–Kier alpha value is -1.83. The predicted octanol–water partition coefficient (Wildman–Crippen LogP) is 5.05. The van der Waals surface area contributed by atoms with Crippen LogP contribution in [0.1, 0.15) is 34.7 Å². The number of hydrazone groups is 1. The van der Waals surface area contributed by atoms with E-state index in [-0.39, 0.29) is 11.9 Å². The average Bonchev–Trinajstić information content (AvgIpc) is 3.26. The van der Waals surface area contributed by atoms with E-state index in [1.54, 1.807) is 5.01 Å². The molecule has 1 fully saturated rings. The SMILES string of the molecule is Cc1ccc(C2=NN(C(=O)CSC(=S)N3CCSCC3)[C@H](c3ccccc3)C2)cc1C. The van der Waals surface area contributed by atoms with Crippen molar-refractivity contribution in [1.29, 1.82) is 0 Å². The fourth-order valence-electron chi connectivity index (χ4n) is 3.80. The number of thioether (sulfide) groups is 2. The van der Waals surface area contributed by atoms with Crippen LogP contribution in [0.5, 0.6) is 0 Å². The molecule has 31 heavy (non-hydrogen) atoms. The normalized spacial score (nSPS) is 18.8. The Kier molecular flexibility index (Phi) is 7.35. The van der Waals surface area contributed by atoms with E-state index in [1.165, 1.54) is 22.9 Å². The molecule has 4 rings (SSSR count). The number of carbonyl (C=O) groups is 1. The van der Waals surface area contributed by atoms with Gasteiger partial charge in [0.25, 0.3) is 5.91 Å². The van der Waals surface area contributed by atoms with E-state index in [1.807, 2.05) is 30.0 Å². The summed E-state index contributed by atoms with van der Waals surface area (Å²) in [5.41, 5.74) is 5.66. The minimum Gasteiger partial charge on any atom is -0.356 e. The quantitative estimate of drug-likeness (QED) is 0.586. The van der Waals surface area contributed by atoms with Gasteiger partial charge in [0.05, 0.1) is 17.5 Å². The molecule has 0 N–H and O–H groups in total. The van der Waals surface area contributed by atoms with E-state index in [2.05, 4.69) is 49.1 Å². The summed E-state index contributed by atoms with van der Waals surface area (Å²) in [6.07, 6.45) is 0.719. The van der Waals surface area contributed by atoms with Gasteiger partial charge in [-0.2, -0.15) is 16.9 Å². The van der Waals surface area contributed by atoms with E-state index in [0.29, 0.717) is 5.75 Å². The first-order valence-electron chi connectivity index (χ1n) is 10.5. The van der Waals surface area contributed by atoms with Crippen LogP contribution in [-0.2, 0) is 4.79 Å². The summed E-state index contributed by atoms with van der Waals surface area (Å²) in [7, 11) is 0. The first-order chi connectivity index (χ1) is 15.0. The zero-order valence-electron chi connectivity index (χ0n) is 17.9. The minimum absolute atomic E-state index is 0.00595. The summed E-state index contributed by atoms with van der Waals surface area (Å²) in [5, 5.41) is 6.49. The van der Waals surface area contributed by atoms with Crippen LogP contribution in [-0.4, -0.2) is 56.2 Å². The molecule has 4 nitrogen and oxygen atoms in total. The van der Waals surface area contributed by atoms with Gasteiger partial charge in [0, 0.05) is 31.0 Å². The van der Waals surface area contributed by atoms with Gasteiger partial charge in [-0.1, -0.05) is 66.4 Å². The van der Waals surface area contributed by atoms with Crippen LogP contribution in [0, 0.1) is 13.8 Å². The van der Waals surface area contributed by atoms with Gasteiger partial charge < -0.3 is 4.90 Å². The molecule has 2 aliphatic rings. The van der Waals surface area contributed by atoms with Crippen molar-refractivity contribution < 1.29 is 4.79 Å². The molecule has 0 aliphatic carbocycles. The van der Waals surface area contributed by atoms with E-state index in [0.717, 1.165) is 52.2 Å². The molecule has 2 aromatic rings. The lowest BCUT2D eigenvalue weighted by atomic mass is 9.96. The Labute approximate surface area is 198 Å². The Morgan fingerprint density at radius 2 is 1.87 bits per heavy atom. The van der Waals surface area contributed by atoms with Gasteiger partial charge in [0.1, 0.15) is 4.32 Å². The maximum Gasteiger partial charge on any atom is 0.253 e. The fourth-order valence-corrected chi connectivity index (χ4v) is 5.80. The van der Waals surface area contributed by atoms with Crippen molar-refractivity contribution >= 4 is 51.7 Å². The fraction of sp³-hybridized carbons (Fsp3) is 0.375. The standard InChI is InChI=1S/C24H27N3OS3/c1-17-8-9-20(14-18(17)2)21-15-22(19-6-4-3-5-7-19)27(25-21)23(28)16-31-24(29)26-10-12-30-13-11-26/h3-9,14,22H,10-13,15-16H2,1-2H3/t22-/m0/s1. The zero-order valence-corrected chi connectivity index (χ0v) is 20.4. The molecule has 0 saturated carbocycles. The molecule has 1 atom stereocenters. The summed E-state index contributed by atoms with van der Waals surface area (Å²) in [5.74, 6) is 2.52. The number of aryl methyl sites for hydroxylation is 2. The summed E-state index contributed by atoms with van der Waals surface area (Å²) in [4.78, 5) is 15.4. The third-order valence-electron chi connectivity index (χ3n) is 5.78. The molecule has 2 heterocycles. The maximum absolute atomic E-state index is 13.2. The van der Waals surface area contributed by atoms with Crippen LogP contribution in [0.15, 0.2) is 53.6 Å². The topological polar surface area (TPSA) is 35.9 Å². The van der Waals surface area contributed by atoms with Gasteiger partial charge >= 0.3 is 0 Å². The number of hydrogen-bond donors (Lipinski definition) is 0. The first-order valence-corrected chi connectivity index (χ1v) is 13.1. The summed E-state index contributed by atoms with van der Waals surface area (Å²) in [6, 6.07) is 16.5. The van der Waals surface area contributed by atoms with Crippen molar-refractivity contribution in [2.45, 2.75) is 26.3 Å². The highest BCUT2D eigenvalue weighted by Gasteiger charge is 2.33. The third kappa shape index (κ3) is 5.33. The van der Waals surface area contributed by atoms with E-state index < -0.39 is 0 Å². The largest absolute Gasteiger partial charge is 0.356 e. The molecule has 2 aliphatic heterocycles. The Morgan fingerprint density at radius 1 is 1.13 bits per heavy atom. The maximum atomic E-state index is 13.2. The third-order valence-corrected chi connectivity index (χ3v) is 8.23. The number of benzene rings is 2. The summed E-state index contributed by atoms with van der Waals surface area (Å²) < 4.78 is 0.822. The predicted molar refractivity (Wildman–Crippen MR) is 137 cm³/mol. The highest BCUT2D eigenvalue weighted by molar-refractivity contribution is 8.23. The molecule has 2 aromatic carbocycles. The van der Waals surface area contributed by atoms with Crippen LogP contribution in [0.4, 0.5) is 0 Å².